The Morgan fingerprint density at radius 2 is 1.78 bits per heavy atom. The normalized spacial score (nSPS) is 12.5. The predicted octanol–water partition coefficient (Wildman–Crippen LogP) is 0.412. The SMILES string of the molecule is C[C@@H](OC(=O)c1ccc(CCNS(C)(=O)=O)cc1)C(=O)N(C)C. The molecule has 0 aliphatic heterocycles. The van der Waals surface area contributed by atoms with Crippen molar-refractivity contribution in [1.29, 1.82) is 0 Å². The van der Waals surface area contributed by atoms with Gasteiger partial charge in [-0.3, -0.25) is 4.79 Å². The Bertz CT molecular complexity index is 653. The topological polar surface area (TPSA) is 92.8 Å². The van der Waals surface area contributed by atoms with E-state index in [4.69, 9.17) is 4.74 Å². The second-order valence-corrected chi connectivity index (χ2v) is 7.23. The third-order valence-electron chi connectivity index (χ3n) is 3.04. The molecule has 1 N–H and O–H groups in total. The average molecular weight is 342 g/mol. The summed E-state index contributed by atoms with van der Waals surface area (Å²) in [7, 11) is -0.0260. The van der Waals surface area contributed by atoms with E-state index in [-0.39, 0.29) is 12.5 Å². The highest BCUT2D eigenvalue weighted by Gasteiger charge is 2.20. The fraction of sp³-hybridized carbons (Fsp3) is 0.467. The van der Waals surface area contributed by atoms with Crippen molar-refractivity contribution in [3.63, 3.8) is 0 Å². The van der Waals surface area contributed by atoms with E-state index < -0.39 is 22.1 Å². The van der Waals surface area contributed by atoms with E-state index in [2.05, 4.69) is 4.72 Å². The maximum Gasteiger partial charge on any atom is 0.338 e. The Balaban J connectivity index is 2.59. The molecule has 0 aliphatic rings. The number of carbonyl (C=O) groups excluding carboxylic acids is 2. The quantitative estimate of drug-likeness (QED) is 0.725. The molecule has 1 atom stereocenters. The van der Waals surface area contributed by atoms with Gasteiger partial charge in [-0.15, -0.1) is 0 Å². The number of esters is 1. The minimum absolute atomic E-state index is 0.289. The van der Waals surface area contributed by atoms with Crippen LogP contribution in [0.3, 0.4) is 0 Å². The van der Waals surface area contributed by atoms with E-state index >= 15 is 0 Å². The molecular weight excluding hydrogens is 320 g/mol. The van der Waals surface area contributed by atoms with Gasteiger partial charge < -0.3 is 9.64 Å². The smallest absolute Gasteiger partial charge is 0.338 e. The van der Waals surface area contributed by atoms with Crippen LogP contribution in [-0.4, -0.2) is 58.2 Å². The molecule has 0 aliphatic carbocycles. The van der Waals surface area contributed by atoms with Crippen LogP contribution >= 0.6 is 0 Å². The largest absolute Gasteiger partial charge is 0.449 e. The fourth-order valence-electron chi connectivity index (χ4n) is 1.83. The molecular formula is C15H22N2O5S. The summed E-state index contributed by atoms with van der Waals surface area (Å²) in [4.78, 5) is 25.0. The number of ether oxygens (including phenoxy) is 1. The molecule has 0 saturated carbocycles. The number of hydrogen-bond acceptors (Lipinski definition) is 5. The third-order valence-corrected chi connectivity index (χ3v) is 3.77. The van der Waals surface area contributed by atoms with Crippen molar-refractivity contribution in [2.75, 3.05) is 26.9 Å². The van der Waals surface area contributed by atoms with Gasteiger partial charge in [-0.2, -0.15) is 0 Å². The number of nitrogens with zero attached hydrogens (tertiary/aromatic N) is 1. The van der Waals surface area contributed by atoms with Gasteiger partial charge in [0.2, 0.25) is 10.0 Å². The summed E-state index contributed by atoms with van der Waals surface area (Å²) in [5, 5.41) is 0. The van der Waals surface area contributed by atoms with Crippen LogP contribution in [-0.2, 0) is 26.0 Å². The first-order chi connectivity index (χ1) is 10.6. The van der Waals surface area contributed by atoms with Crippen molar-refractivity contribution in [1.82, 2.24) is 9.62 Å². The first kappa shape index (κ1) is 19.1. The van der Waals surface area contributed by atoms with Crippen molar-refractivity contribution < 1.29 is 22.7 Å². The Hall–Kier alpha value is -1.93. The Morgan fingerprint density at radius 1 is 1.22 bits per heavy atom. The van der Waals surface area contributed by atoms with Gasteiger partial charge in [0.1, 0.15) is 0 Å². The highest BCUT2D eigenvalue weighted by atomic mass is 32.2. The lowest BCUT2D eigenvalue weighted by molar-refractivity contribution is -0.137. The van der Waals surface area contributed by atoms with Crippen LogP contribution in [0.25, 0.3) is 0 Å². The first-order valence-corrected chi connectivity index (χ1v) is 8.95. The number of rotatable bonds is 7. The number of carbonyl (C=O) groups is 2. The minimum atomic E-state index is -3.20. The van der Waals surface area contributed by atoms with Gasteiger partial charge in [0.05, 0.1) is 11.8 Å². The molecule has 0 heterocycles. The zero-order chi connectivity index (χ0) is 17.6. The van der Waals surface area contributed by atoms with Gasteiger partial charge in [-0.1, -0.05) is 12.1 Å². The molecule has 0 fully saturated rings. The maximum absolute atomic E-state index is 12.0. The second-order valence-electron chi connectivity index (χ2n) is 5.39. The standard InChI is InChI=1S/C15H22N2O5S/c1-11(14(18)17(2)3)22-15(19)13-7-5-12(6-8-13)9-10-16-23(4,20)21/h5-8,11,16H,9-10H2,1-4H3/t11-/m1/s1. The Labute approximate surface area is 136 Å². The summed E-state index contributed by atoms with van der Waals surface area (Å²) in [5.41, 5.74) is 1.22. The van der Waals surface area contributed by atoms with Crippen LogP contribution in [0.15, 0.2) is 24.3 Å². The van der Waals surface area contributed by atoms with E-state index in [0.717, 1.165) is 11.8 Å². The highest BCUT2D eigenvalue weighted by Crippen LogP contribution is 2.08. The monoisotopic (exact) mass is 342 g/mol. The molecule has 1 rings (SSSR count). The van der Waals surface area contributed by atoms with Crippen LogP contribution in [0, 0.1) is 0 Å². The molecule has 128 valence electrons. The van der Waals surface area contributed by atoms with E-state index in [1.54, 1.807) is 38.4 Å². The van der Waals surface area contributed by atoms with Crippen LogP contribution in [0.2, 0.25) is 0 Å². The molecule has 8 heteroatoms. The lowest BCUT2D eigenvalue weighted by Crippen LogP contribution is -2.34. The Kier molecular flexibility index (Phi) is 6.71. The van der Waals surface area contributed by atoms with Gasteiger partial charge in [0.15, 0.2) is 6.10 Å². The summed E-state index contributed by atoms with van der Waals surface area (Å²) < 4.78 is 29.4. The summed E-state index contributed by atoms with van der Waals surface area (Å²) in [6.45, 7) is 1.81. The van der Waals surface area contributed by atoms with Crippen molar-refractivity contribution in [2.24, 2.45) is 0 Å². The summed E-state index contributed by atoms with van der Waals surface area (Å²) >= 11 is 0. The van der Waals surface area contributed by atoms with Crippen LogP contribution in [0.1, 0.15) is 22.8 Å². The van der Waals surface area contributed by atoms with E-state index in [0.29, 0.717) is 12.0 Å². The van der Waals surface area contributed by atoms with Gasteiger partial charge in [0.25, 0.3) is 5.91 Å². The summed E-state index contributed by atoms with van der Waals surface area (Å²) in [6, 6.07) is 6.62. The maximum atomic E-state index is 12.0. The van der Waals surface area contributed by atoms with Crippen LogP contribution < -0.4 is 4.72 Å². The van der Waals surface area contributed by atoms with E-state index in [9.17, 15) is 18.0 Å². The Morgan fingerprint density at radius 3 is 2.26 bits per heavy atom. The number of sulfonamides is 1. The fourth-order valence-corrected chi connectivity index (χ4v) is 2.30. The molecule has 0 saturated heterocycles. The first-order valence-electron chi connectivity index (χ1n) is 7.06. The molecule has 0 spiro atoms. The lowest BCUT2D eigenvalue weighted by Gasteiger charge is -2.17. The number of amides is 1. The number of hydrogen-bond donors (Lipinski definition) is 1. The van der Waals surface area contributed by atoms with Gasteiger partial charge >= 0.3 is 5.97 Å². The van der Waals surface area contributed by atoms with Crippen molar-refractivity contribution >= 4 is 21.9 Å². The summed E-state index contributed by atoms with van der Waals surface area (Å²) in [6.07, 6.45) is 0.761. The molecule has 0 bridgehead atoms. The molecule has 23 heavy (non-hydrogen) atoms. The lowest BCUT2D eigenvalue weighted by atomic mass is 10.1. The zero-order valence-corrected chi connectivity index (χ0v) is 14.5. The average Bonchev–Trinajstić information content (AvgIpc) is 2.45. The molecule has 1 aromatic carbocycles. The molecule has 0 radical (unpaired) electrons. The molecule has 0 aromatic heterocycles. The van der Waals surface area contributed by atoms with Crippen LogP contribution in [0.5, 0.6) is 0 Å². The molecule has 1 amide bonds. The highest BCUT2D eigenvalue weighted by molar-refractivity contribution is 7.88. The third kappa shape index (κ3) is 6.79. The van der Waals surface area contributed by atoms with Crippen molar-refractivity contribution in [3.8, 4) is 0 Å². The molecule has 0 unspecified atom stereocenters. The number of nitrogens with one attached hydrogen (secondary N) is 1. The van der Waals surface area contributed by atoms with Crippen LogP contribution in [0.4, 0.5) is 0 Å². The molecule has 1 aromatic rings. The van der Waals surface area contributed by atoms with Crippen molar-refractivity contribution in [3.05, 3.63) is 35.4 Å². The predicted molar refractivity (Wildman–Crippen MR) is 86.6 cm³/mol. The van der Waals surface area contributed by atoms with Gasteiger partial charge in [-0.25, -0.2) is 17.9 Å². The number of benzene rings is 1. The minimum Gasteiger partial charge on any atom is -0.449 e. The van der Waals surface area contributed by atoms with Gasteiger partial charge in [-0.05, 0) is 31.0 Å². The van der Waals surface area contributed by atoms with Crippen molar-refractivity contribution in [2.45, 2.75) is 19.4 Å². The van der Waals surface area contributed by atoms with Gasteiger partial charge in [0, 0.05) is 20.6 Å². The van der Waals surface area contributed by atoms with E-state index in [1.165, 1.54) is 11.8 Å². The summed E-state index contributed by atoms with van der Waals surface area (Å²) in [5.74, 6) is -0.865. The zero-order valence-electron chi connectivity index (χ0n) is 13.7. The molecule has 7 nitrogen and oxygen atoms in total. The second kappa shape index (κ2) is 8.07. The van der Waals surface area contributed by atoms with E-state index in [1.807, 2.05) is 0 Å². The number of likely N-dealkylation sites (N-methyl/N-ethyl adjacent to an activating group) is 1.